The Morgan fingerprint density at radius 3 is 2.61 bits per heavy atom. The molecule has 28 heavy (non-hydrogen) atoms. The first-order chi connectivity index (χ1) is 13.3. The zero-order valence-electron chi connectivity index (χ0n) is 16.2. The van der Waals surface area contributed by atoms with E-state index in [-0.39, 0.29) is 12.7 Å². The highest BCUT2D eigenvalue weighted by atomic mass is 32.2. The van der Waals surface area contributed by atoms with Gasteiger partial charge in [0.2, 0.25) is 0 Å². The Bertz CT molecular complexity index is 894. The molecule has 0 aliphatic heterocycles. The molecule has 1 aliphatic carbocycles. The number of anilines is 1. The zero-order valence-corrected chi connectivity index (χ0v) is 17.0. The number of benzene rings is 1. The number of aromatic hydroxyl groups is 1. The van der Waals surface area contributed by atoms with Gasteiger partial charge in [-0.25, -0.2) is 0 Å². The van der Waals surface area contributed by atoms with Crippen molar-refractivity contribution in [2.24, 2.45) is 0 Å². The van der Waals surface area contributed by atoms with Crippen molar-refractivity contribution in [1.82, 2.24) is 9.29 Å². The van der Waals surface area contributed by atoms with Crippen LogP contribution < -0.4 is 4.72 Å². The van der Waals surface area contributed by atoms with E-state index in [1.54, 1.807) is 24.4 Å². The highest BCUT2D eigenvalue weighted by Gasteiger charge is 2.24. The van der Waals surface area contributed by atoms with Gasteiger partial charge in [0.05, 0.1) is 24.1 Å². The van der Waals surface area contributed by atoms with E-state index in [1.807, 2.05) is 12.1 Å². The number of hydrogen-bond acceptors (Lipinski definition) is 5. The van der Waals surface area contributed by atoms with Gasteiger partial charge in [-0.15, -0.1) is 0 Å². The van der Waals surface area contributed by atoms with Crippen LogP contribution >= 0.6 is 0 Å². The number of hydrogen-bond donors (Lipinski definition) is 2. The first kappa shape index (κ1) is 20.6. The Kier molecular flexibility index (Phi) is 6.53. The molecule has 1 aliphatic rings. The fourth-order valence-corrected chi connectivity index (χ4v) is 4.06. The van der Waals surface area contributed by atoms with Gasteiger partial charge in [-0.05, 0) is 61.4 Å². The fourth-order valence-electron chi connectivity index (χ4n) is 3.41. The van der Waals surface area contributed by atoms with Crippen molar-refractivity contribution in [1.29, 1.82) is 0 Å². The molecule has 0 unspecified atom stereocenters. The number of nitrogens with zero attached hydrogens (tertiary/aromatic N) is 2. The number of phenolic OH excluding ortho intramolecular Hbond substituents is 1. The van der Waals surface area contributed by atoms with Crippen LogP contribution in [0.3, 0.4) is 0 Å². The molecule has 2 N–H and O–H groups in total. The summed E-state index contributed by atoms with van der Waals surface area (Å²) < 4.78 is 33.9. The van der Waals surface area contributed by atoms with Crippen LogP contribution in [-0.4, -0.2) is 43.0 Å². The summed E-state index contributed by atoms with van der Waals surface area (Å²) in [6, 6.07) is 10.8. The monoisotopic (exact) mass is 405 g/mol. The Labute approximate surface area is 166 Å². The standard InChI is InChI=1S/C20H27N3O4S/c1-23(2)28(25,26)22-19-7-4-12-21-20(19)14-27-18-10-8-15(9-11-18)16-5-3-6-17(24)13-16/h3-7,12-13,15,18,22,24H,8-11,14H2,1-2H3. The summed E-state index contributed by atoms with van der Waals surface area (Å²) in [7, 11) is -0.647. The number of rotatable bonds is 7. The van der Waals surface area contributed by atoms with Gasteiger partial charge >= 0.3 is 10.2 Å². The molecular formula is C20H27N3O4S. The second-order valence-corrected chi connectivity index (χ2v) is 9.15. The summed E-state index contributed by atoms with van der Waals surface area (Å²) >= 11 is 0. The lowest BCUT2D eigenvalue weighted by atomic mass is 9.82. The van der Waals surface area contributed by atoms with E-state index in [0.29, 0.717) is 23.0 Å². The van der Waals surface area contributed by atoms with E-state index in [9.17, 15) is 13.5 Å². The van der Waals surface area contributed by atoms with Gasteiger partial charge in [-0.2, -0.15) is 12.7 Å². The fraction of sp³-hybridized carbons (Fsp3) is 0.450. The second-order valence-electron chi connectivity index (χ2n) is 7.27. The van der Waals surface area contributed by atoms with Gasteiger partial charge in [0.15, 0.2) is 0 Å². The molecule has 0 bridgehead atoms. The van der Waals surface area contributed by atoms with Crippen molar-refractivity contribution in [2.75, 3.05) is 18.8 Å². The number of pyridine rings is 1. The van der Waals surface area contributed by atoms with Crippen molar-refractivity contribution >= 4 is 15.9 Å². The van der Waals surface area contributed by atoms with Crippen molar-refractivity contribution in [3.05, 3.63) is 53.9 Å². The lowest BCUT2D eigenvalue weighted by Gasteiger charge is -2.29. The minimum atomic E-state index is -3.59. The average Bonchev–Trinajstić information content (AvgIpc) is 2.67. The third-order valence-corrected chi connectivity index (χ3v) is 6.52. The molecule has 8 heteroatoms. The lowest BCUT2D eigenvalue weighted by molar-refractivity contribution is 0.0121. The predicted octanol–water partition coefficient (Wildman–Crippen LogP) is 3.25. The molecule has 0 spiro atoms. The van der Waals surface area contributed by atoms with Crippen LogP contribution in [-0.2, 0) is 21.6 Å². The van der Waals surface area contributed by atoms with Gasteiger partial charge in [-0.1, -0.05) is 12.1 Å². The molecule has 1 aromatic heterocycles. The van der Waals surface area contributed by atoms with Crippen LogP contribution in [0.4, 0.5) is 5.69 Å². The second kappa shape index (κ2) is 8.89. The third-order valence-electron chi connectivity index (χ3n) is 5.08. The SMILES string of the molecule is CN(C)S(=O)(=O)Nc1cccnc1COC1CCC(c2cccc(O)c2)CC1. The summed E-state index contributed by atoms with van der Waals surface area (Å²) in [5, 5.41) is 9.66. The summed E-state index contributed by atoms with van der Waals surface area (Å²) in [5.41, 5.74) is 2.18. The number of nitrogens with one attached hydrogen (secondary N) is 1. The van der Waals surface area contributed by atoms with Crippen LogP contribution in [0.15, 0.2) is 42.6 Å². The molecule has 1 fully saturated rings. The van der Waals surface area contributed by atoms with Crippen LogP contribution in [0, 0.1) is 0 Å². The Balaban J connectivity index is 1.56. The minimum Gasteiger partial charge on any atom is -0.508 e. The summed E-state index contributed by atoms with van der Waals surface area (Å²) in [6.07, 6.45) is 5.59. The molecule has 0 saturated heterocycles. The zero-order chi connectivity index (χ0) is 20.1. The van der Waals surface area contributed by atoms with E-state index in [0.717, 1.165) is 30.0 Å². The number of aromatic nitrogens is 1. The van der Waals surface area contributed by atoms with Gasteiger partial charge in [0.1, 0.15) is 5.75 Å². The number of ether oxygens (including phenoxy) is 1. The molecule has 1 saturated carbocycles. The van der Waals surface area contributed by atoms with Gasteiger partial charge in [-0.3, -0.25) is 9.71 Å². The Hall–Kier alpha value is -2.16. The quantitative estimate of drug-likeness (QED) is 0.738. The van der Waals surface area contributed by atoms with Gasteiger partial charge in [0.25, 0.3) is 0 Å². The summed E-state index contributed by atoms with van der Waals surface area (Å²) in [6.45, 7) is 0.258. The Morgan fingerprint density at radius 1 is 1.18 bits per heavy atom. The van der Waals surface area contributed by atoms with Gasteiger partial charge in [0, 0.05) is 20.3 Å². The summed E-state index contributed by atoms with van der Waals surface area (Å²) in [4.78, 5) is 4.28. The molecular weight excluding hydrogens is 378 g/mol. The molecule has 7 nitrogen and oxygen atoms in total. The van der Waals surface area contributed by atoms with E-state index in [2.05, 4.69) is 15.8 Å². The maximum atomic E-state index is 12.1. The van der Waals surface area contributed by atoms with Crippen LogP contribution in [0.5, 0.6) is 5.75 Å². The first-order valence-corrected chi connectivity index (χ1v) is 10.8. The average molecular weight is 406 g/mol. The third kappa shape index (κ3) is 5.21. The molecule has 3 rings (SSSR count). The molecule has 1 heterocycles. The maximum Gasteiger partial charge on any atom is 0.301 e. The van der Waals surface area contributed by atoms with Crippen molar-refractivity contribution < 1.29 is 18.3 Å². The molecule has 0 amide bonds. The van der Waals surface area contributed by atoms with Crippen LogP contribution in [0.25, 0.3) is 0 Å². The largest absolute Gasteiger partial charge is 0.508 e. The molecule has 152 valence electrons. The molecule has 2 aromatic rings. The topological polar surface area (TPSA) is 91.8 Å². The summed E-state index contributed by atoms with van der Waals surface area (Å²) in [5.74, 6) is 0.739. The maximum absolute atomic E-state index is 12.1. The van der Waals surface area contributed by atoms with E-state index in [1.165, 1.54) is 19.7 Å². The highest BCUT2D eigenvalue weighted by Crippen LogP contribution is 2.35. The van der Waals surface area contributed by atoms with Crippen LogP contribution in [0.2, 0.25) is 0 Å². The normalized spacial score (nSPS) is 20.2. The lowest BCUT2D eigenvalue weighted by Crippen LogP contribution is -2.29. The predicted molar refractivity (Wildman–Crippen MR) is 108 cm³/mol. The molecule has 0 atom stereocenters. The van der Waals surface area contributed by atoms with Crippen LogP contribution in [0.1, 0.15) is 42.9 Å². The van der Waals surface area contributed by atoms with E-state index < -0.39 is 10.2 Å². The number of phenols is 1. The van der Waals surface area contributed by atoms with Crippen molar-refractivity contribution in [3.63, 3.8) is 0 Å². The molecule has 0 radical (unpaired) electrons. The van der Waals surface area contributed by atoms with Gasteiger partial charge < -0.3 is 9.84 Å². The first-order valence-electron chi connectivity index (χ1n) is 9.40. The highest BCUT2D eigenvalue weighted by molar-refractivity contribution is 7.90. The van der Waals surface area contributed by atoms with Crippen molar-refractivity contribution in [3.8, 4) is 5.75 Å². The van der Waals surface area contributed by atoms with E-state index >= 15 is 0 Å². The smallest absolute Gasteiger partial charge is 0.301 e. The Morgan fingerprint density at radius 2 is 1.93 bits per heavy atom. The minimum absolute atomic E-state index is 0.119. The molecule has 1 aromatic carbocycles. The van der Waals surface area contributed by atoms with Crippen molar-refractivity contribution in [2.45, 2.75) is 44.3 Å². The van der Waals surface area contributed by atoms with E-state index in [4.69, 9.17) is 4.74 Å².